The van der Waals surface area contributed by atoms with E-state index in [9.17, 15) is 14.4 Å². The number of hydrogen-bond acceptors (Lipinski definition) is 5. The molecule has 1 saturated heterocycles. The van der Waals surface area contributed by atoms with Crippen molar-refractivity contribution in [3.63, 3.8) is 0 Å². The van der Waals surface area contributed by atoms with Gasteiger partial charge >= 0.3 is 11.9 Å². The number of allylic oxidation sites excluding steroid dienone is 2. The zero-order chi connectivity index (χ0) is 17.8. The Kier molecular flexibility index (Phi) is 3.93. The lowest BCUT2D eigenvalue weighted by molar-refractivity contribution is -0.163. The van der Waals surface area contributed by atoms with Gasteiger partial charge in [0.2, 0.25) is 0 Å². The SMILES string of the molecule is C=C(C)C(=O)O[C@H]1[C@H]2[C@H](C)C(=O)O[C@@H]2C[C@@H](C)[C@@H]2C=CC(=O)[C@]21C. The van der Waals surface area contributed by atoms with Gasteiger partial charge in [-0.3, -0.25) is 9.59 Å². The molecule has 2 aliphatic carbocycles. The number of rotatable bonds is 2. The van der Waals surface area contributed by atoms with Gasteiger partial charge in [0, 0.05) is 11.5 Å². The molecule has 1 saturated carbocycles. The highest BCUT2D eigenvalue weighted by molar-refractivity contribution is 5.99. The van der Waals surface area contributed by atoms with Gasteiger partial charge in [-0.05, 0) is 38.2 Å². The van der Waals surface area contributed by atoms with E-state index >= 15 is 0 Å². The lowest BCUT2D eigenvalue weighted by Crippen LogP contribution is -2.50. The molecule has 0 amide bonds. The number of carbonyl (C=O) groups is 3. The van der Waals surface area contributed by atoms with Crippen LogP contribution >= 0.6 is 0 Å². The van der Waals surface area contributed by atoms with E-state index in [-0.39, 0.29) is 41.2 Å². The van der Waals surface area contributed by atoms with Gasteiger partial charge in [0.05, 0.1) is 11.3 Å². The van der Waals surface area contributed by atoms with Crippen LogP contribution in [0.2, 0.25) is 0 Å². The van der Waals surface area contributed by atoms with E-state index in [1.54, 1.807) is 19.9 Å². The van der Waals surface area contributed by atoms with E-state index in [0.717, 1.165) is 0 Å². The second kappa shape index (κ2) is 5.57. The van der Waals surface area contributed by atoms with Gasteiger partial charge in [0.1, 0.15) is 12.2 Å². The second-order valence-electron chi connectivity index (χ2n) is 7.69. The molecule has 2 fully saturated rings. The maximum Gasteiger partial charge on any atom is 0.333 e. The predicted octanol–water partition coefficient (Wildman–Crippen LogP) is 2.45. The lowest BCUT2D eigenvalue weighted by atomic mass is 9.66. The fourth-order valence-corrected chi connectivity index (χ4v) is 4.65. The van der Waals surface area contributed by atoms with Gasteiger partial charge in [-0.2, -0.15) is 0 Å². The summed E-state index contributed by atoms with van der Waals surface area (Å²) in [6, 6.07) is 0. The average Bonchev–Trinajstić information content (AvgIpc) is 2.92. The van der Waals surface area contributed by atoms with Crippen molar-refractivity contribution >= 4 is 17.7 Å². The molecule has 130 valence electrons. The van der Waals surface area contributed by atoms with Crippen molar-refractivity contribution in [3.05, 3.63) is 24.3 Å². The maximum absolute atomic E-state index is 12.7. The van der Waals surface area contributed by atoms with Gasteiger partial charge in [-0.15, -0.1) is 0 Å². The Balaban J connectivity index is 2.09. The average molecular weight is 332 g/mol. The van der Waals surface area contributed by atoms with Gasteiger partial charge in [0.15, 0.2) is 5.78 Å². The Bertz CT molecular complexity index is 648. The summed E-state index contributed by atoms with van der Waals surface area (Å²) in [4.78, 5) is 37.1. The molecular formula is C19H24O5. The van der Waals surface area contributed by atoms with E-state index < -0.39 is 23.4 Å². The molecular weight excluding hydrogens is 308 g/mol. The molecule has 0 unspecified atom stereocenters. The Hall–Kier alpha value is -1.91. The maximum atomic E-state index is 12.7. The molecule has 24 heavy (non-hydrogen) atoms. The minimum atomic E-state index is -0.869. The minimum Gasteiger partial charge on any atom is -0.462 e. The van der Waals surface area contributed by atoms with Crippen LogP contribution in [-0.4, -0.2) is 29.9 Å². The summed E-state index contributed by atoms with van der Waals surface area (Å²) < 4.78 is 11.3. The second-order valence-corrected chi connectivity index (χ2v) is 7.69. The summed E-state index contributed by atoms with van der Waals surface area (Å²) in [5, 5.41) is 0. The van der Waals surface area contributed by atoms with Crippen molar-refractivity contribution in [1.29, 1.82) is 0 Å². The van der Waals surface area contributed by atoms with Crippen LogP contribution in [0.15, 0.2) is 24.3 Å². The summed E-state index contributed by atoms with van der Waals surface area (Å²) >= 11 is 0. The fraction of sp³-hybridized carbons (Fsp3) is 0.632. The summed E-state index contributed by atoms with van der Waals surface area (Å²) in [7, 11) is 0. The van der Waals surface area contributed by atoms with Crippen LogP contribution in [0.3, 0.4) is 0 Å². The number of esters is 2. The highest BCUT2D eigenvalue weighted by atomic mass is 16.6. The van der Waals surface area contributed by atoms with Crippen molar-refractivity contribution in [2.45, 2.75) is 46.3 Å². The molecule has 5 heteroatoms. The first-order valence-corrected chi connectivity index (χ1v) is 8.47. The van der Waals surface area contributed by atoms with E-state index in [4.69, 9.17) is 9.47 Å². The molecule has 0 radical (unpaired) electrons. The quantitative estimate of drug-likeness (QED) is 0.574. The molecule has 3 aliphatic rings. The summed E-state index contributed by atoms with van der Waals surface area (Å²) in [5.74, 6) is -1.47. The Morgan fingerprint density at radius 3 is 2.67 bits per heavy atom. The van der Waals surface area contributed by atoms with Crippen LogP contribution in [0.25, 0.3) is 0 Å². The predicted molar refractivity (Wildman–Crippen MR) is 86.8 cm³/mol. The molecule has 0 aromatic heterocycles. The van der Waals surface area contributed by atoms with Gasteiger partial charge in [-0.25, -0.2) is 4.79 Å². The highest BCUT2D eigenvalue weighted by Gasteiger charge is 2.62. The summed E-state index contributed by atoms with van der Waals surface area (Å²) in [5.41, 5.74) is -0.591. The van der Waals surface area contributed by atoms with Crippen molar-refractivity contribution in [2.75, 3.05) is 0 Å². The first-order valence-electron chi connectivity index (χ1n) is 8.47. The number of carbonyl (C=O) groups excluding carboxylic acids is 3. The first-order chi connectivity index (χ1) is 11.2. The molecule has 0 N–H and O–H groups in total. The minimum absolute atomic E-state index is 0.0376. The number of fused-ring (bicyclic) bond motifs is 2. The van der Waals surface area contributed by atoms with Crippen LogP contribution in [-0.2, 0) is 23.9 Å². The molecule has 0 bridgehead atoms. The number of ether oxygens (including phenoxy) is 2. The van der Waals surface area contributed by atoms with Crippen molar-refractivity contribution in [2.24, 2.45) is 29.1 Å². The molecule has 5 nitrogen and oxygen atoms in total. The van der Waals surface area contributed by atoms with E-state index in [1.807, 2.05) is 13.0 Å². The zero-order valence-electron chi connectivity index (χ0n) is 14.6. The molecule has 7 atom stereocenters. The summed E-state index contributed by atoms with van der Waals surface area (Å²) in [6.07, 6.45) is 3.15. The Morgan fingerprint density at radius 1 is 1.38 bits per heavy atom. The van der Waals surface area contributed by atoms with Crippen LogP contribution in [0.5, 0.6) is 0 Å². The van der Waals surface area contributed by atoms with Gasteiger partial charge < -0.3 is 9.47 Å². The zero-order valence-corrected chi connectivity index (χ0v) is 14.6. The first kappa shape index (κ1) is 16.9. The van der Waals surface area contributed by atoms with Crippen LogP contribution in [0.1, 0.15) is 34.1 Å². The molecule has 0 aromatic rings. The normalized spacial score (nSPS) is 43.7. The van der Waals surface area contributed by atoms with Gasteiger partial charge in [-0.1, -0.05) is 26.5 Å². The highest BCUT2D eigenvalue weighted by Crippen LogP contribution is 2.54. The van der Waals surface area contributed by atoms with E-state index in [0.29, 0.717) is 6.42 Å². The molecule has 1 heterocycles. The Labute approximate surface area is 142 Å². The van der Waals surface area contributed by atoms with Crippen LogP contribution in [0.4, 0.5) is 0 Å². The summed E-state index contributed by atoms with van der Waals surface area (Å²) in [6.45, 7) is 10.9. The third-order valence-corrected chi connectivity index (χ3v) is 6.06. The van der Waals surface area contributed by atoms with Crippen molar-refractivity contribution in [3.8, 4) is 0 Å². The van der Waals surface area contributed by atoms with Crippen molar-refractivity contribution in [1.82, 2.24) is 0 Å². The van der Waals surface area contributed by atoms with Crippen LogP contribution in [0, 0.1) is 29.1 Å². The smallest absolute Gasteiger partial charge is 0.333 e. The fourth-order valence-electron chi connectivity index (χ4n) is 4.65. The van der Waals surface area contributed by atoms with E-state index in [2.05, 4.69) is 13.5 Å². The topological polar surface area (TPSA) is 69.7 Å². The number of hydrogen-bond donors (Lipinski definition) is 0. The standard InChI is InChI=1S/C19H24O5/c1-9(2)17(21)24-16-15-11(4)18(22)23-13(15)8-10(3)12-6-7-14(20)19(12,16)5/h6-7,10-13,15-16H,1,8H2,2-5H3/t10-,11+,12+,13-,15+,16+,19+/m1/s1. The third-order valence-electron chi connectivity index (χ3n) is 6.06. The molecule has 1 aliphatic heterocycles. The Morgan fingerprint density at radius 2 is 2.04 bits per heavy atom. The van der Waals surface area contributed by atoms with E-state index in [1.165, 1.54) is 0 Å². The molecule has 3 rings (SSSR count). The third kappa shape index (κ3) is 2.25. The molecule has 0 spiro atoms. The largest absolute Gasteiger partial charge is 0.462 e. The van der Waals surface area contributed by atoms with Gasteiger partial charge in [0.25, 0.3) is 0 Å². The lowest BCUT2D eigenvalue weighted by Gasteiger charge is -2.40. The van der Waals surface area contributed by atoms with Crippen molar-refractivity contribution < 1.29 is 23.9 Å². The molecule has 0 aromatic carbocycles. The van der Waals surface area contributed by atoms with Crippen LogP contribution < -0.4 is 0 Å². The number of ketones is 1. The monoisotopic (exact) mass is 332 g/mol.